The topological polar surface area (TPSA) is 145 Å². The molecule has 0 aromatic heterocycles. The van der Waals surface area contributed by atoms with Crippen LogP contribution in [0.15, 0.2) is 29.2 Å². The molecule has 0 amide bonds. The van der Waals surface area contributed by atoms with E-state index >= 15 is 0 Å². The maximum absolute atomic E-state index is 13.3. The van der Waals surface area contributed by atoms with Gasteiger partial charge < -0.3 is 9.57 Å². The summed E-state index contributed by atoms with van der Waals surface area (Å²) in [4.78, 5) is 39.7. The van der Waals surface area contributed by atoms with E-state index in [1.54, 1.807) is 20.8 Å². The number of hydrogen-bond donors (Lipinski definition) is 1. The monoisotopic (exact) mass is 551 g/mol. The number of unbranched alkanes of at least 4 members (excludes halogenated alkanes) is 1. The van der Waals surface area contributed by atoms with Gasteiger partial charge in [-0.15, -0.1) is 5.48 Å². The van der Waals surface area contributed by atoms with Gasteiger partial charge in [-0.05, 0) is 53.5 Å². The van der Waals surface area contributed by atoms with E-state index in [2.05, 4.69) is 21.4 Å². The quantitative estimate of drug-likeness (QED) is 0.136. The Morgan fingerprint density at radius 2 is 1.79 bits per heavy atom. The van der Waals surface area contributed by atoms with Crippen molar-refractivity contribution in [3.63, 3.8) is 0 Å². The minimum Gasteiger partial charge on any atom is -0.459 e. The van der Waals surface area contributed by atoms with Crippen molar-refractivity contribution in [2.75, 3.05) is 11.9 Å². The molecule has 0 saturated heterocycles. The van der Waals surface area contributed by atoms with E-state index in [1.807, 2.05) is 0 Å². The van der Waals surface area contributed by atoms with Crippen LogP contribution in [0.25, 0.3) is 0 Å². The SMILES string of the molecule is C[C@H](NOC(=O)[C@H](C)N(CCCCBr)S(=O)(=O)c1ccccc1[N+](=O)[O-])C(=O)OC(C)(C)C. The highest BCUT2D eigenvalue weighted by molar-refractivity contribution is 9.09. The van der Waals surface area contributed by atoms with Crippen molar-refractivity contribution >= 4 is 43.6 Å². The predicted molar refractivity (Wildman–Crippen MR) is 124 cm³/mol. The summed E-state index contributed by atoms with van der Waals surface area (Å²) in [7, 11) is -4.42. The Balaban J connectivity index is 3.10. The summed E-state index contributed by atoms with van der Waals surface area (Å²) < 4.78 is 32.7. The molecule has 0 heterocycles. The van der Waals surface area contributed by atoms with Gasteiger partial charge in [0, 0.05) is 17.9 Å². The average Bonchev–Trinajstić information content (AvgIpc) is 2.72. The van der Waals surface area contributed by atoms with E-state index in [0.717, 1.165) is 16.4 Å². The van der Waals surface area contributed by atoms with Crippen LogP contribution in [0.1, 0.15) is 47.5 Å². The number of sulfonamides is 1. The fourth-order valence-corrected chi connectivity index (χ4v) is 4.80. The Labute approximate surface area is 202 Å². The zero-order valence-corrected chi connectivity index (χ0v) is 21.6. The second-order valence-corrected chi connectivity index (χ2v) is 10.9. The standard InChI is InChI=1S/C20H30BrN3O8S/c1-14(18(25)31-20(3,4)5)22-32-19(26)15(2)23(13-9-8-12-21)33(29,30)17-11-7-6-10-16(17)24(27)28/h6-7,10-11,14-15,22H,8-9,12-13H2,1-5H3/t14-,15-/m0/s1. The van der Waals surface area contributed by atoms with Crippen LogP contribution in [-0.2, 0) is 29.2 Å². The first-order valence-corrected chi connectivity index (χ1v) is 12.8. The van der Waals surface area contributed by atoms with Crippen molar-refractivity contribution < 1.29 is 32.5 Å². The summed E-state index contributed by atoms with van der Waals surface area (Å²) in [6.07, 6.45) is 1.00. The first kappa shape index (κ1) is 28.9. The van der Waals surface area contributed by atoms with Gasteiger partial charge >= 0.3 is 11.9 Å². The Hall–Kier alpha value is -2.09. The van der Waals surface area contributed by atoms with Gasteiger partial charge in [0.05, 0.1) is 4.92 Å². The molecule has 0 unspecified atom stereocenters. The van der Waals surface area contributed by atoms with Gasteiger partial charge in [0.15, 0.2) is 4.90 Å². The number of nitrogens with zero attached hydrogens (tertiary/aromatic N) is 2. The summed E-state index contributed by atoms with van der Waals surface area (Å²) in [5, 5.41) is 12.0. The molecule has 2 atom stereocenters. The number of carbonyl (C=O) groups is 2. The second-order valence-electron chi connectivity index (χ2n) is 8.21. The van der Waals surface area contributed by atoms with E-state index in [0.29, 0.717) is 18.2 Å². The predicted octanol–water partition coefficient (Wildman–Crippen LogP) is 2.93. The molecule has 1 aromatic carbocycles. The third-order valence-electron chi connectivity index (χ3n) is 4.28. The number of nitro groups is 1. The summed E-state index contributed by atoms with van der Waals surface area (Å²) in [5.74, 6) is -1.64. The number of carbonyl (C=O) groups excluding carboxylic acids is 2. The molecule has 1 rings (SSSR count). The largest absolute Gasteiger partial charge is 0.459 e. The molecule has 0 aliphatic rings. The maximum Gasteiger partial charge on any atom is 0.342 e. The number of hydrogen-bond acceptors (Lipinski definition) is 9. The van der Waals surface area contributed by atoms with E-state index in [4.69, 9.17) is 9.57 Å². The van der Waals surface area contributed by atoms with Gasteiger partial charge in [-0.1, -0.05) is 28.1 Å². The number of esters is 1. The van der Waals surface area contributed by atoms with Crippen LogP contribution in [0.5, 0.6) is 0 Å². The van der Waals surface area contributed by atoms with E-state index < -0.39 is 55.2 Å². The van der Waals surface area contributed by atoms with Gasteiger partial charge in [0.2, 0.25) is 0 Å². The van der Waals surface area contributed by atoms with Crippen LogP contribution in [-0.4, -0.2) is 59.1 Å². The molecular weight excluding hydrogens is 522 g/mol. The maximum atomic E-state index is 13.3. The minimum absolute atomic E-state index is 0.0716. The number of hydroxylamine groups is 1. The fraction of sp³-hybridized carbons (Fsp3) is 0.600. The normalized spacial score (nSPS) is 13.9. The molecule has 1 N–H and O–H groups in total. The first-order chi connectivity index (χ1) is 15.2. The molecule has 0 bridgehead atoms. The van der Waals surface area contributed by atoms with Crippen molar-refractivity contribution in [3.05, 3.63) is 34.4 Å². The number of rotatable bonds is 12. The number of nitrogens with one attached hydrogen (secondary N) is 1. The summed E-state index contributed by atoms with van der Waals surface area (Å²) in [6.45, 7) is 7.71. The first-order valence-electron chi connectivity index (χ1n) is 10.2. The molecule has 0 spiro atoms. The van der Waals surface area contributed by atoms with Gasteiger partial charge in [-0.25, -0.2) is 13.2 Å². The fourth-order valence-electron chi connectivity index (χ4n) is 2.62. The summed E-state index contributed by atoms with van der Waals surface area (Å²) in [6, 6.07) is 2.58. The van der Waals surface area contributed by atoms with E-state index in [1.165, 1.54) is 26.0 Å². The van der Waals surface area contributed by atoms with Gasteiger partial charge in [-0.3, -0.25) is 14.9 Å². The van der Waals surface area contributed by atoms with Crippen LogP contribution in [0.3, 0.4) is 0 Å². The summed E-state index contributed by atoms with van der Waals surface area (Å²) in [5.41, 5.74) is 0.929. The molecule has 0 fully saturated rings. The van der Waals surface area contributed by atoms with Gasteiger partial charge in [0.1, 0.15) is 17.7 Å². The van der Waals surface area contributed by atoms with Crippen molar-refractivity contribution in [2.24, 2.45) is 0 Å². The Bertz CT molecular complexity index is 949. The zero-order valence-electron chi connectivity index (χ0n) is 19.2. The number of halogens is 1. The van der Waals surface area contributed by atoms with Crippen molar-refractivity contribution in [1.82, 2.24) is 9.79 Å². The zero-order chi connectivity index (χ0) is 25.4. The number of nitro benzene ring substituents is 1. The molecule has 0 aliphatic heterocycles. The lowest BCUT2D eigenvalue weighted by molar-refractivity contribution is -0.387. The molecule has 1 aromatic rings. The van der Waals surface area contributed by atoms with Crippen LogP contribution in [0.4, 0.5) is 5.69 Å². The number of ether oxygens (including phenoxy) is 1. The Morgan fingerprint density at radius 3 is 2.33 bits per heavy atom. The van der Waals surface area contributed by atoms with Crippen molar-refractivity contribution in [1.29, 1.82) is 0 Å². The lowest BCUT2D eigenvalue weighted by Crippen LogP contribution is -2.48. The third-order valence-corrected chi connectivity index (χ3v) is 6.86. The van der Waals surface area contributed by atoms with E-state index in [9.17, 15) is 28.1 Å². The van der Waals surface area contributed by atoms with Crippen molar-refractivity contribution in [2.45, 2.75) is 70.0 Å². The molecule has 0 aliphatic carbocycles. The van der Waals surface area contributed by atoms with Crippen LogP contribution >= 0.6 is 15.9 Å². The minimum atomic E-state index is -4.42. The highest BCUT2D eigenvalue weighted by Gasteiger charge is 2.37. The number of alkyl halides is 1. The molecule has 0 radical (unpaired) electrons. The van der Waals surface area contributed by atoms with Crippen LogP contribution in [0.2, 0.25) is 0 Å². The third kappa shape index (κ3) is 8.65. The van der Waals surface area contributed by atoms with Gasteiger partial charge in [0.25, 0.3) is 15.7 Å². The number of para-hydroxylation sites is 1. The van der Waals surface area contributed by atoms with E-state index in [-0.39, 0.29) is 6.54 Å². The van der Waals surface area contributed by atoms with Crippen LogP contribution in [0, 0.1) is 10.1 Å². The smallest absolute Gasteiger partial charge is 0.342 e. The summed E-state index contributed by atoms with van der Waals surface area (Å²) >= 11 is 3.26. The molecule has 33 heavy (non-hydrogen) atoms. The molecular formula is C20H30BrN3O8S. The Morgan fingerprint density at radius 1 is 1.18 bits per heavy atom. The lowest BCUT2D eigenvalue weighted by atomic mass is 10.2. The van der Waals surface area contributed by atoms with Crippen molar-refractivity contribution in [3.8, 4) is 0 Å². The second kappa shape index (κ2) is 12.4. The highest BCUT2D eigenvalue weighted by Crippen LogP contribution is 2.28. The molecule has 11 nitrogen and oxygen atoms in total. The number of benzene rings is 1. The van der Waals surface area contributed by atoms with Gasteiger partial charge in [-0.2, -0.15) is 4.31 Å². The lowest BCUT2D eigenvalue weighted by Gasteiger charge is -2.27. The molecule has 13 heteroatoms. The average molecular weight is 552 g/mol. The molecule has 186 valence electrons. The highest BCUT2D eigenvalue weighted by atomic mass is 79.9. The Kier molecular flexibility index (Phi) is 10.9. The van der Waals surface area contributed by atoms with Crippen LogP contribution < -0.4 is 5.48 Å². The molecule has 0 saturated carbocycles.